The van der Waals surface area contributed by atoms with Gasteiger partial charge < -0.3 is 9.47 Å². The molecule has 0 heterocycles. The van der Waals surface area contributed by atoms with Crippen LogP contribution in [0.25, 0.3) is 0 Å². The summed E-state index contributed by atoms with van der Waals surface area (Å²) in [7, 11) is 0. The Bertz CT molecular complexity index is 370. The van der Waals surface area contributed by atoms with E-state index in [0.717, 1.165) is 6.42 Å². The molecule has 108 valence electrons. The predicted molar refractivity (Wildman–Crippen MR) is 72.4 cm³/mol. The van der Waals surface area contributed by atoms with E-state index in [1.807, 2.05) is 39.8 Å². The molecule has 0 saturated heterocycles. The molecule has 1 rings (SSSR count). The summed E-state index contributed by atoms with van der Waals surface area (Å²) >= 11 is 0. The van der Waals surface area contributed by atoms with E-state index in [1.54, 1.807) is 0 Å². The zero-order valence-electron chi connectivity index (χ0n) is 12.4. The molecule has 19 heavy (non-hydrogen) atoms. The maximum atomic E-state index is 11.9. The van der Waals surface area contributed by atoms with Gasteiger partial charge in [-0.2, -0.15) is 0 Å². The Morgan fingerprint density at radius 1 is 1.37 bits per heavy atom. The first-order chi connectivity index (χ1) is 8.77. The summed E-state index contributed by atoms with van der Waals surface area (Å²) < 4.78 is 10.3. The zero-order valence-corrected chi connectivity index (χ0v) is 12.4. The molecule has 0 aromatic carbocycles. The Kier molecular flexibility index (Phi) is 5.15. The average Bonchev–Trinajstić information content (AvgIpc) is 2.26. The summed E-state index contributed by atoms with van der Waals surface area (Å²) in [5, 5.41) is 0. The largest absolute Gasteiger partial charge is 0.466 e. The van der Waals surface area contributed by atoms with Crippen LogP contribution in [0.5, 0.6) is 0 Å². The monoisotopic (exact) mass is 268 g/mol. The molecule has 0 saturated carbocycles. The van der Waals surface area contributed by atoms with Gasteiger partial charge in [-0.15, -0.1) is 0 Å². The third kappa shape index (κ3) is 4.08. The number of hydrogen-bond donors (Lipinski definition) is 0. The van der Waals surface area contributed by atoms with E-state index in [9.17, 15) is 9.59 Å². The van der Waals surface area contributed by atoms with Crippen molar-refractivity contribution in [2.45, 2.75) is 47.1 Å². The van der Waals surface area contributed by atoms with E-state index in [1.165, 1.54) is 6.92 Å². The first kappa shape index (κ1) is 15.7. The van der Waals surface area contributed by atoms with Crippen LogP contribution in [0, 0.1) is 17.3 Å². The van der Waals surface area contributed by atoms with Crippen LogP contribution < -0.4 is 0 Å². The lowest BCUT2D eigenvalue weighted by atomic mass is 9.68. The smallest absolute Gasteiger partial charge is 0.313 e. The SMILES string of the molecule is CCOC(=O)C1C=CC(C(C)OC(C)=O)CC1(C)C. The molecular formula is C15H24O4. The Morgan fingerprint density at radius 2 is 2.00 bits per heavy atom. The predicted octanol–water partition coefficient (Wildman–Crippen LogP) is 2.72. The highest BCUT2D eigenvalue weighted by molar-refractivity contribution is 5.75. The third-order valence-electron chi connectivity index (χ3n) is 3.65. The number of carbonyl (C=O) groups excluding carboxylic acids is 2. The summed E-state index contributed by atoms with van der Waals surface area (Å²) in [5.41, 5.74) is -0.194. The molecule has 4 heteroatoms. The van der Waals surface area contributed by atoms with Crippen molar-refractivity contribution in [3.63, 3.8) is 0 Å². The fraction of sp³-hybridized carbons (Fsp3) is 0.733. The first-order valence-electron chi connectivity index (χ1n) is 6.80. The van der Waals surface area contributed by atoms with Crippen molar-refractivity contribution < 1.29 is 19.1 Å². The molecule has 0 aromatic rings. The number of rotatable bonds is 4. The molecule has 1 aliphatic rings. The van der Waals surface area contributed by atoms with E-state index < -0.39 is 0 Å². The fourth-order valence-electron chi connectivity index (χ4n) is 2.62. The molecule has 0 bridgehead atoms. The Labute approximate surface area is 115 Å². The van der Waals surface area contributed by atoms with Crippen LogP contribution in [0.4, 0.5) is 0 Å². The molecule has 1 aliphatic carbocycles. The lowest BCUT2D eigenvalue weighted by molar-refractivity contribution is -0.153. The molecular weight excluding hydrogens is 244 g/mol. The molecule has 4 nitrogen and oxygen atoms in total. The van der Waals surface area contributed by atoms with Crippen LogP contribution in [0.1, 0.15) is 41.0 Å². The highest BCUT2D eigenvalue weighted by atomic mass is 16.5. The van der Waals surface area contributed by atoms with Crippen LogP contribution in [0.2, 0.25) is 0 Å². The molecule has 3 atom stereocenters. The normalized spacial score (nSPS) is 26.6. The van der Waals surface area contributed by atoms with Crippen molar-refractivity contribution in [2.24, 2.45) is 17.3 Å². The minimum absolute atomic E-state index is 0.143. The second-order valence-corrected chi connectivity index (χ2v) is 5.79. The lowest BCUT2D eigenvalue weighted by Crippen LogP contribution is -2.38. The average molecular weight is 268 g/mol. The van der Waals surface area contributed by atoms with Crippen molar-refractivity contribution in [3.05, 3.63) is 12.2 Å². The van der Waals surface area contributed by atoms with Gasteiger partial charge in [0.25, 0.3) is 0 Å². The van der Waals surface area contributed by atoms with Crippen LogP contribution in [-0.2, 0) is 19.1 Å². The topological polar surface area (TPSA) is 52.6 Å². The van der Waals surface area contributed by atoms with Gasteiger partial charge in [-0.05, 0) is 25.7 Å². The first-order valence-corrected chi connectivity index (χ1v) is 6.80. The summed E-state index contributed by atoms with van der Waals surface area (Å²) in [6.45, 7) is 9.60. The van der Waals surface area contributed by atoms with Crippen LogP contribution >= 0.6 is 0 Å². The second-order valence-electron chi connectivity index (χ2n) is 5.79. The van der Waals surface area contributed by atoms with Gasteiger partial charge in [0.2, 0.25) is 0 Å². The van der Waals surface area contributed by atoms with Crippen molar-refractivity contribution in [3.8, 4) is 0 Å². The number of esters is 2. The number of carbonyl (C=O) groups is 2. The van der Waals surface area contributed by atoms with Gasteiger partial charge in [0.15, 0.2) is 0 Å². The molecule has 0 fully saturated rings. The summed E-state index contributed by atoms with van der Waals surface area (Å²) in [4.78, 5) is 22.9. The summed E-state index contributed by atoms with van der Waals surface area (Å²) in [6.07, 6.45) is 4.49. The Hall–Kier alpha value is -1.32. The third-order valence-corrected chi connectivity index (χ3v) is 3.65. The molecule has 0 spiro atoms. The number of hydrogen-bond acceptors (Lipinski definition) is 4. The summed E-state index contributed by atoms with van der Waals surface area (Å²) in [6, 6.07) is 0. The van der Waals surface area contributed by atoms with E-state index in [0.29, 0.717) is 6.61 Å². The van der Waals surface area contributed by atoms with Crippen molar-refractivity contribution in [1.82, 2.24) is 0 Å². The van der Waals surface area contributed by atoms with Crippen molar-refractivity contribution in [1.29, 1.82) is 0 Å². The Morgan fingerprint density at radius 3 is 2.47 bits per heavy atom. The van der Waals surface area contributed by atoms with Crippen molar-refractivity contribution in [2.75, 3.05) is 6.61 Å². The van der Waals surface area contributed by atoms with E-state index in [2.05, 4.69) is 0 Å². The zero-order chi connectivity index (χ0) is 14.6. The molecule has 0 aliphatic heterocycles. The van der Waals surface area contributed by atoms with E-state index in [-0.39, 0.29) is 35.3 Å². The minimum atomic E-state index is -0.272. The van der Waals surface area contributed by atoms with E-state index in [4.69, 9.17) is 9.47 Å². The van der Waals surface area contributed by atoms with Crippen LogP contribution in [0.3, 0.4) is 0 Å². The molecule has 0 radical (unpaired) electrons. The maximum Gasteiger partial charge on any atom is 0.313 e. The summed E-state index contributed by atoms with van der Waals surface area (Å²) in [5.74, 6) is -0.536. The molecule has 0 N–H and O–H groups in total. The minimum Gasteiger partial charge on any atom is -0.466 e. The van der Waals surface area contributed by atoms with E-state index >= 15 is 0 Å². The van der Waals surface area contributed by atoms with Gasteiger partial charge in [-0.25, -0.2) is 0 Å². The standard InChI is InChI=1S/C15H24O4/c1-6-18-14(17)13-8-7-12(9-15(13,4)5)10(2)19-11(3)16/h7-8,10,12-13H,6,9H2,1-5H3. The Balaban J connectivity index is 2.78. The quantitative estimate of drug-likeness (QED) is 0.581. The van der Waals surface area contributed by atoms with Gasteiger partial charge >= 0.3 is 11.9 Å². The van der Waals surface area contributed by atoms with Gasteiger partial charge in [0.1, 0.15) is 6.10 Å². The highest BCUT2D eigenvalue weighted by Gasteiger charge is 2.40. The second kappa shape index (κ2) is 6.22. The molecule has 0 amide bonds. The fourth-order valence-corrected chi connectivity index (χ4v) is 2.62. The van der Waals surface area contributed by atoms with Crippen LogP contribution in [-0.4, -0.2) is 24.6 Å². The lowest BCUT2D eigenvalue weighted by Gasteiger charge is -2.38. The molecule has 3 unspecified atom stereocenters. The van der Waals surface area contributed by atoms with Crippen LogP contribution in [0.15, 0.2) is 12.2 Å². The number of ether oxygens (including phenoxy) is 2. The van der Waals surface area contributed by atoms with Gasteiger partial charge in [-0.1, -0.05) is 26.0 Å². The van der Waals surface area contributed by atoms with Gasteiger partial charge in [-0.3, -0.25) is 9.59 Å². The van der Waals surface area contributed by atoms with Gasteiger partial charge in [0.05, 0.1) is 12.5 Å². The highest BCUT2D eigenvalue weighted by Crippen LogP contribution is 2.41. The molecule has 0 aromatic heterocycles. The van der Waals surface area contributed by atoms with Crippen molar-refractivity contribution >= 4 is 11.9 Å². The van der Waals surface area contributed by atoms with Gasteiger partial charge in [0, 0.05) is 12.8 Å². The maximum absolute atomic E-state index is 11.9.